The largest absolute Gasteiger partial charge is 0.369 e. The maximum atomic E-state index is 9.07. The zero-order chi connectivity index (χ0) is 13.7. The first kappa shape index (κ1) is 12.3. The van der Waals surface area contributed by atoms with Crippen molar-refractivity contribution in [2.24, 2.45) is 24.8 Å². The van der Waals surface area contributed by atoms with E-state index in [1.165, 1.54) is 38.5 Å². The third kappa shape index (κ3) is 1.86. The van der Waals surface area contributed by atoms with Gasteiger partial charge < -0.3 is 4.74 Å². The summed E-state index contributed by atoms with van der Waals surface area (Å²) in [5.74, 6) is 2.63. The van der Waals surface area contributed by atoms with Crippen LogP contribution in [0, 0.1) is 29.1 Å². The van der Waals surface area contributed by atoms with Crippen LogP contribution in [0.3, 0.4) is 0 Å². The van der Waals surface area contributed by atoms with Crippen LogP contribution in [0.25, 0.3) is 0 Å². The number of hydrogen-bond donors (Lipinski definition) is 0. The first-order chi connectivity index (χ1) is 9.67. The molecule has 0 amide bonds. The van der Waals surface area contributed by atoms with Crippen molar-refractivity contribution >= 4 is 0 Å². The van der Waals surface area contributed by atoms with Gasteiger partial charge in [0.1, 0.15) is 11.8 Å². The summed E-state index contributed by atoms with van der Waals surface area (Å²) >= 11 is 0. The lowest BCUT2D eigenvalue weighted by Gasteiger charge is -2.56. The fourth-order valence-corrected chi connectivity index (χ4v) is 5.05. The molecule has 0 aliphatic heterocycles. The monoisotopic (exact) mass is 272 g/mol. The molecule has 0 spiro atoms. The molecule has 4 bridgehead atoms. The second-order valence-electron chi connectivity index (χ2n) is 7.01. The van der Waals surface area contributed by atoms with Crippen molar-refractivity contribution in [2.75, 3.05) is 0 Å². The molecule has 1 heterocycles. The van der Waals surface area contributed by atoms with Gasteiger partial charge in [0.05, 0.1) is 12.2 Å². The number of ether oxygens (including phenoxy) is 1. The molecule has 5 heteroatoms. The minimum atomic E-state index is 0.0751. The Kier molecular flexibility index (Phi) is 2.65. The average Bonchev–Trinajstić information content (AvgIpc) is 2.75. The van der Waals surface area contributed by atoms with Crippen LogP contribution in [0.1, 0.15) is 49.9 Å². The standard InChI is InChI=1S/C15H20N4O/c1-19-14(13(8-16)17-18-19)9-20-15-5-10-2-11(6-15)4-12(3-10)7-15/h10-12H,2-7,9H2,1H3. The van der Waals surface area contributed by atoms with Gasteiger partial charge in [0.2, 0.25) is 0 Å². The van der Waals surface area contributed by atoms with Crippen molar-refractivity contribution in [3.8, 4) is 6.07 Å². The highest BCUT2D eigenvalue weighted by atomic mass is 16.5. The summed E-state index contributed by atoms with van der Waals surface area (Å²) in [6.45, 7) is 0.471. The third-order valence-electron chi connectivity index (χ3n) is 5.55. The molecular formula is C15H20N4O. The molecular weight excluding hydrogens is 252 g/mol. The first-order valence-corrected chi connectivity index (χ1v) is 7.60. The van der Waals surface area contributed by atoms with Crippen molar-refractivity contribution in [2.45, 2.75) is 50.7 Å². The van der Waals surface area contributed by atoms with Crippen LogP contribution < -0.4 is 0 Å². The summed E-state index contributed by atoms with van der Waals surface area (Å²) in [5.41, 5.74) is 1.28. The highest BCUT2D eigenvalue weighted by molar-refractivity contribution is 5.23. The minimum absolute atomic E-state index is 0.0751. The lowest BCUT2D eigenvalue weighted by Crippen LogP contribution is -2.51. The fourth-order valence-electron chi connectivity index (χ4n) is 5.05. The van der Waals surface area contributed by atoms with Crippen LogP contribution in [-0.2, 0) is 18.4 Å². The van der Waals surface area contributed by atoms with Gasteiger partial charge in [0, 0.05) is 7.05 Å². The Hall–Kier alpha value is -1.41. The quantitative estimate of drug-likeness (QED) is 0.846. The zero-order valence-corrected chi connectivity index (χ0v) is 11.9. The molecule has 4 aliphatic carbocycles. The lowest BCUT2D eigenvalue weighted by atomic mass is 9.54. The Labute approximate surface area is 118 Å². The summed E-state index contributed by atoms with van der Waals surface area (Å²) in [6.07, 6.45) is 7.89. The molecule has 106 valence electrons. The lowest BCUT2D eigenvalue weighted by molar-refractivity contribution is -0.169. The number of hydrogen-bond acceptors (Lipinski definition) is 4. The van der Waals surface area contributed by atoms with E-state index in [2.05, 4.69) is 16.4 Å². The average molecular weight is 272 g/mol. The number of rotatable bonds is 3. The van der Waals surface area contributed by atoms with Gasteiger partial charge in [-0.15, -0.1) is 5.10 Å². The summed E-state index contributed by atoms with van der Waals surface area (Å²) in [7, 11) is 1.83. The molecule has 1 aromatic heterocycles. The van der Waals surface area contributed by atoms with Crippen LogP contribution in [0.15, 0.2) is 0 Å². The highest BCUT2D eigenvalue weighted by Crippen LogP contribution is 2.57. The SMILES string of the molecule is Cn1nnc(C#N)c1COC12CC3CC(CC(C3)C1)C2. The van der Waals surface area contributed by atoms with Gasteiger partial charge in [-0.1, -0.05) is 5.21 Å². The van der Waals surface area contributed by atoms with E-state index < -0.39 is 0 Å². The van der Waals surface area contributed by atoms with E-state index in [4.69, 9.17) is 10.00 Å². The van der Waals surface area contributed by atoms with Crippen molar-refractivity contribution in [1.82, 2.24) is 15.0 Å². The van der Waals surface area contributed by atoms with Crippen molar-refractivity contribution in [3.05, 3.63) is 11.4 Å². The molecule has 0 unspecified atom stereocenters. The minimum Gasteiger partial charge on any atom is -0.369 e. The maximum absolute atomic E-state index is 9.07. The third-order valence-corrected chi connectivity index (χ3v) is 5.55. The van der Waals surface area contributed by atoms with Crippen molar-refractivity contribution < 1.29 is 4.74 Å². The topological polar surface area (TPSA) is 63.7 Å². The van der Waals surface area contributed by atoms with E-state index in [0.717, 1.165) is 23.4 Å². The molecule has 0 radical (unpaired) electrons. The number of aromatic nitrogens is 3. The molecule has 0 N–H and O–H groups in total. The van der Waals surface area contributed by atoms with Gasteiger partial charge in [-0.3, -0.25) is 0 Å². The van der Waals surface area contributed by atoms with Gasteiger partial charge in [-0.25, -0.2) is 4.68 Å². The molecule has 5 nitrogen and oxygen atoms in total. The summed E-state index contributed by atoms with van der Waals surface area (Å²) in [5, 5.41) is 16.9. The van der Waals surface area contributed by atoms with Crippen LogP contribution in [0.5, 0.6) is 0 Å². The zero-order valence-electron chi connectivity index (χ0n) is 11.9. The van der Waals surface area contributed by atoms with Gasteiger partial charge >= 0.3 is 0 Å². The molecule has 20 heavy (non-hydrogen) atoms. The molecule has 5 rings (SSSR count). The predicted molar refractivity (Wildman–Crippen MR) is 71.4 cm³/mol. The second-order valence-corrected chi connectivity index (χ2v) is 7.01. The molecule has 0 aromatic carbocycles. The van der Waals surface area contributed by atoms with Gasteiger partial charge in [0.15, 0.2) is 5.69 Å². The van der Waals surface area contributed by atoms with E-state index in [9.17, 15) is 0 Å². The van der Waals surface area contributed by atoms with E-state index in [-0.39, 0.29) is 5.60 Å². The molecule has 4 aliphatic rings. The Morgan fingerprint density at radius 3 is 2.40 bits per heavy atom. The Morgan fingerprint density at radius 1 is 1.25 bits per heavy atom. The van der Waals surface area contributed by atoms with E-state index in [1.54, 1.807) is 4.68 Å². The number of nitrogens with zero attached hydrogens (tertiary/aromatic N) is 4. The molecule has 0 saturated heterocycles. The van der Waals surface area contributed by atoms with E-state index >= 15 is 0 Å². The van der Waals surface area contributed by atoms with Gasteiger partial charge in [-0.2, -0.15) is 5.26 Å². The fraction of sp³-hybridized carbons (Fsp3) is 0.800. The van der Waals surface area contributed by atoms with Crippen LogP contribution >= 0.6 is 0 Å². The molecule has 4 fully saturated rings. The molecule has 4 saturated carbocycles. The number of nitriles is 1. The molecule has 1 aromatic rings. The van der Waals surface area contributed by atoms with Crippen molar-refractivity contribution in [1.29, 1.82) is 5.26 Å². The smallest absolute Gasteiger partial charge is 0.188 e. The Morgan fingerprint density at radius 2 is 1.85 bits per heavy atom. The molecule has 0 atom stereocenters. The van der Waals surface area contributed by atoms with Crippen LogP contribution in [0.4, 0.5) is 0 Å². The first-order valence-electron chi connectivity index (χ1n) is 7.60. The van der Waals surface area contributed by atoms with E-state index in [0.29, 0.717) is 12.3 Å². The Balaban J connectivity index is 1.52. The number of aryl methyl sites for hydroxylation is 1. The van der Waals surface area contributed by atoms with Crippen molar-refractivity contribution in [3.63, 3.8) is 0 Å². The summed E-state index contributed by atoms with van der Waals surface area (Å²) in [4.78, 5) is 0. The Bertz CT molecular complexity index is 536. The van der Waals surface area contributed by atoms with Crippen LogP contribution in [-0.4, -0.2) is 20.6 Å². The maximum Gasteiger partial charge on any atom is 0.188 e. The van der Waals surface area contributed by atoms with Gasteiger partial charge in [0.25, 0.3) is 0 Å². The van der Waals surface area contributed by atoms with Gasteiger partial charge in [-0.05, 0) is 56.3 Å². The second kappa shape index (κ2) is 4.29. The highest BCUT2D eigenvalue weighted by Gasteiger charge is 2.51. The van der Waals surface area contributed by atoms with Crippen LogP contribution in [0.2, 0.25) is 0 Å². The summed E-state index contributed by atoms with van der Waals surface area (Å²) in [6, 6.07) is 2.10. The predicted octanol–water partition coefficient (Wildman–Crippen LogP) is 2.17. The normalized spacial score (nSPS) is 38.1. The summed E-state index contributed by atoms with van der Waals surface area (Å²) < 4.78 is 8.02. The van der Waals surface area contributed by atoms with E-state index in [1.807, 2.05) is 7.05 Å².